The molecule has 1 heterocycles. The van der Waals surface area contributed by atoms with Crippen molar-refractivity contribution in [3.63, 3.8) is 0 Å². The van der Waals surface area contributed by atoms with E-state index in [2.05, 4.69) is 11.1 Å². The number of hydrogen-bond acceptors (Lipinski definition) is 4. The van der Waals surface area contributed by atoms with Gasteiger partial charge in [-0.25, -0.2) is 4.98 Å². The number of ketones is 1. The highest BCUT2D eigenvalue weighted by atomic mass is 35.5. The molecule has 0 aliphatic heterocycles. The fraction of sp³-hybridized carbons (Fsp3) is 0.300. The molecule has 0 amide bonds. The lowest BCUT2D eigenvalue weighted by molar-refractivity contribution is 0.0993. The topological polar surface area (TPSA) is 43.1 Å². The monoisotopic (exact) mass is 405 g/mol. The van der Waals surface area contributed by atoms with Crippen LogP contribution in [0, 0.1) is 6.92 Å². The number of Topliss-reactive ketones (excluding diaryl/α,β-unsaturated/α-hetero) is 1. The fourth-order valence-electron chi connectivity index (χ4n) is 3.28. The van der Waals surface area contributed by atoms with Crippen molar-refractivity contribution in [2.45, 2.75) is 43.6 Å². The number of hydrogen-bond donors (Lipinski definition) is 0. The molecule has 134 valence electrons. The summed E-state index contributed by atoms with van der Waals surface area (Å²) in [5, 5.41) is 1.13. The van der Waals surface area contributed by atoms with Crippen LogP contribution in [0.3, 0.4) is 0 Å². The molecule has 0 N–H and O–H groups in total. The van der Waals surface area contributed by atoms with E-state index >= 15 is 0 Å². The first-order chi connectivity index (χ1) is 12.4. The third-order valence-electron chi connectivity index (χ3n) is 4.81. The average molecular weight is 406 g/mol. The van der Waals surface area contributed by atoms with Crippen LogP contribution in [0.2, 0.25) is 10.0 Å². The van der Waals surface area contributed by atoms with Crippen LogP contribution >= 0.6 is 35.0 Å². The van der Waals surface area contributed by atoms with Gasteiger partial charge >= 0.3 is 0 Å². The number of aromatic nitrogens is 1. The smallest absolute Gasteiger partial charge is 0.257 e. The van der Waals surface area contributed by atoms with Crippen LogP contribution in [0.5, 0.6) is 0 Å². The Morgan fingerprint density at radius 1 is 1.23 bits per heavy atom. The van der Waals surface area contributed by atoms with Gasteiger partial charge in [-0.2, -0.15) is 0 Å². The van der Waals surface area contributed by atoms with Crippen molar-refractivity contribution in [1.82, 2.24) is 4.98 Å². The summed E-state index contributed by atoms with van der Waals surface area (Å²) >= 11 is 13.8. The molecule has 3 aromatic rings. The number of aryl methyl sites for hydroxylation is 2. The number of nitrogens with zero attached hydrogens (tertiary/aromatic N) is 1. The first-order valence-corrected chi connectivity index (χ1v) is 10.2. The van der Waals surface area contributed by atoms with Gasteiger partial charge in [0.2, 0.25) is 0 Å². The highest BCUT2D eigenvalue weighted by molar-refractivity contribution is 8.00. The summed E-state index contributed by atoms with van der Waals surface area (Å²) in [6.07, 6.45) is 3.34. The van der Waals surface area contributed by atoms with Gasteiger partial charge in [-0.05, 0) is 61.9 Å². The maximum Gasteiger partial charge on any atom is 0.257 e. The minimum absolute atomic E-state index is 0.0762. The van der Waals surface area contributed by atoms with E-state index in [0.717, 1.165) is 24.0 Å². The van der Waals surface area contributed by atoms with Crippen molar-refractivity contribution in [3.05, 3.63) is 56.6 Å². The number of benzene rings is 2. The molecule has 1 aromatic heterocycles. The van der Waals surface area contributed by atoms with E-state index in [1.54, 1.807) is 6.07 Å². The first-order valence-electron chi connectivity index (χ1n) is 8.52. The van der Waals surface area contributed by atoms with Crippen LogP contribution in [-0.2, 0) is 12.8 Å². The number of thioether (sulfide) groups is 1. The van der Waals surface area contributed by atoms with Crippen molar-refractivity contribution in [1.29, 1.82) is 0 Å². The molecule has 1 aliphatic rings. The van der Waals surface area contributed by atoms with Crippen molar-refractivity contribution in [2.24, 2.45) is 0 Å². The van der Waals surface area contributed by atoms with Crippen molar-refractivity contribution in [2.75, 3.05) is 0 Å². The highest BCUT2D eigenvalue weighted by Gasteiger charge is 2.22. The van der Waals surface area contributed by atoms with Gasteiger partial charge in [-0.15, -0.1) is 0 Å². The Labute approximate surface area is 166 Å². The van der Waals surface area contributed by atoms with E-state index < -0.39 is 0 Å². The minimum Gasteiger partial charge on any atom is -0.430 e. The third-order valence-corrected chi connectivity index (χ3v) is 6.61. The van der Waals surface area contributed by atoms with E-state index in [1.165, 1.54) is 29.3 Å². The molecule has 4 rings (SSSR count). The molecule has 26 heavy (non-hydrogen) atoms. The van der Waals surface area contributed by atoms with Crippen LogP contribution in [0.25, 0.3) is 11.1 Å². The summed E-state index contributed by atoms with van der Waals surface area (Å²) in [6, 6.07) is 7.78. The number of oxazole rings is 1. The normalized spacial score (nSPS) is 14.6. The molecule has 0 saturated carbocycles. The van der Waals surface area contributed by atoms with Crippen LogP contribution in [0.15, 0.2) is 33.9 Å². The quantitative estimate of drug-likeness (QED) is 0.377. The van der Waals surface area contributed by atoms with Crippen LogP contribution in [0.1, 0.15) is 40.4 Å². The molecule has 2 aromatic carbocycles. The highest BCUT2D eigenvalue weighted by Crippen LogP contribution is 2.36. The maximum absolute atomic E-state index is 12.8. The molecule has 0 bridgehead atoms. The summed E-state index contributed by atoms with van der Waals surface area (Å²) in [4.78, 5) is 17.2. The number of carbonyl (C=O) groups excluding carboxylic acids is 1. The largest absolute Gasteiger partial charge is 0.430 e. The Morgan fingerprint density at radius 3 is 2.81 bits per heavy atom. The van der Waals surface area contributed by atoms with E-state index in [4.69, 9.17) is 27.6 Å². The lowest BCUT2D eigenvalue weighted by Gasteiger charge is -2.09. The number of rotatable bonds is 4. The molecule has 3 nitrogen and oxygen atoms in total. The summed E-state index contributed by atoms with van der Waals surface area (Å²) in [5.41, 5.74) is 5.28. The second-order valence-corrected chi connectivity index (χ2v) is 8.66. The minimum atomic E-state index is -0.308. The Balaban J connectivity index is 1.58. The zero-order chi connectivity index (χ0) is 18.4. The average Bonchev–Trinajstić information content (AvgIpc) is 3.25. The molecular weight excluding hydrogens is 389 g/mol. The second-order valence-electron chi connectivity index (χ2n) is 6.59. The molecule has 6 heteroatoms. The first kappa shape index (κ1) is 17.9. The van der Waals surface area contributed by atoms with Crippen LogP contribution in [-0.4, -0.2) is 16.0 Å². The zero-order valence-electron chi connectivity index (χ0n) is 14.4. The predicted molar refractivity (Wildman–Crippen MR) is 107 cm³/mol. The summed E-state index contributed by atoms with van der Waals surface area (Å²) in [7, 11) is 0. The Hall–Kier alpha value is -1.49. The van der Waals surface area contributed by atoms with E-state index in [9.17, 15) is 4.79 Å². The van der Waals surface area contributed by atoms with Gasteiger partial charge in [0.25, 0.3) is 5.22 Å². The van der Waals surface area contributed by atoms with Gasteiger partial charge in [-0.3, -0.25) is 4.79 Å². The van der Waals surface area contributed by atoms with Gasteiger partial charge in [0, 0.05) is 10.6 Å². The van der Waals surface area contributed by atoms with Gasteiger partial charge in [0.1, 0.15) is 5.52 Å². The SMILES string of the molecule is Cc1c(Cl)cc2nc(S[C@@H](C)C(=O)c3ccc4c(c3)CCC4)oc2c1Cl. The Kier molecular flexibility index (Phi) is 4.76. The summed E-state index contributed by atoms with van der Waals surface area (Å²) in [6.45, 7) is 3.70. The lowest BCUT2D eigenvalue weighted by atomic mass is 10.0. The molecule has 0 saturated heterocycles. The van der Waals surface area contributed by atoms with Crippen molar-refractivity contribution < 1.29 is 9.21 Å². The van der Waals surface area contributed by atoms with E-state index in [1.807, 2.05) is 26.0 Å². The van der Waals surface area contributed by atoms with Crippen molar-refractivity contribution in [3.8, 4) is 0 Å². The Morgan fingerprint density at radius 2 is 2.00 bits per heavy atom. The zero-order valence-corrected chi connectivity index (χ0v) is 16.8. The third kappa shape index (κ3) is 3.15. The van der Waals surface area contributed by atoms with Gasteiger partial charge in [0.15, 0.2) is 11.4 Å². The van der Waals surface area contributed by atoms with Gasteiger partial charge < -0.3 is 4.42 Å². The van der Waals surface area contributed by atoms with Crippen molar-refractivity contribution >= 4 is 51.8 Å². The summed E-state index contributed by atoms with van der Waals surface area (Å²) in [5.74, 6) is 0.0762. The van der Waals surface area contributed by atoms with Crippen LogP contribution < -0.4 is 0 Å². The lowest BCUT2D eigenvalue weighted by Crippen LogP contribution is -2.13. The molecule has 1 aliphatic carbocycles. The predicted octanol–water partition coefficient (Wildman–Crippen LogP) is 6.30. The molecule has 0 unspecified atom stereocenters. The van der Waals surface area contributed by atoms with E-state index in [-0.39, 0.29) is 11.0 Å². The molecule has 0 fully saturated rings. The number of fused-ring (bicyclic) bond motifs is 2. The standard InChI is InChI=1S/C20H17Cl2NO2S/c1-10-15(21)9-16-19(17(10)22)25-20(23-16)26-11(2)18(24)14-7-6-12-4-3-5-13(12)8-14/h6-9,11H,3-5H2,1-2H3/t11-/m0/s1. The number of carbonyl (C=O) groups is 1. The number of halogens is 2. The van der Waals surface area contributed by atoms with Gasteiger partial charge in [-0.1, -0.05) is 47.1 Å². The van der Waals surface area contributed by atoms with Crippen LogP contribution in [0.4, 0.5) is 0 Å². The van der Waals surface area contributed by atoms with Gasteiger partial charge in [0.05, 0.1) is 10.3 Å². The molecular formula is C20H17Cl2NO2S. The molecule has 1 atom stereocenters. The summed E-state index contributed by atoms with van der Waals surface area (Å²) < 4.78 is 5.77. The second kappa shape index (κ2) is 6.91. The Bertz CT molecular complexity index is 1030. The van der Waals surface area contributed by atoms with E-state index in [0.29, 0.717) is 26.4 Å². The maximum atomic E-state index is 12.8. The molecule has 0 radical (unpaired) electrons. The molecule has 0 spiro atoms. The fourth-order valence-corrected chi connectivity index (χ4v) is 4.60.